The van der Waals surface area contributed by atoms with Crippen molar-refractivity contribution in [2.24, 2.45) is 4.99 Å². The van der Waals surface area contributed by atoms with E-state index in [0.29, 0.717) is 51.5 Å². The van der Waals surface area contributed by atoms with Gasteiger partial charge in [-0.15, -0.1) is 0 Å². The molecule has 1 aromatic heterocycles. The lowest BCUT2D eigenvalue weighted by molar-refractivity contribution is 0.0285. The van der Waals surface area contributed by atoms with Gasteiger partial charge in [-0.05, 0) is 74.4 Å². The highest BCUT2D eigenvalue weighted by Gasteiger charge is 2.21. The van der Waals surface area contributed by atoms with Crippen molar-refractivity contribution >= 4 is 45.9 Å². The highest BCUT2D eigenvalue weighted by atomic mass is 35.5. The van der Waals surface area contributed by atoms with Crippen molar-refractivity contribution < 1.29 is 19.4 Å². The quantitative estimate of drug-likeness (QED) is 0.152. The van der Waals surface area contributed by atoms with Crippen LogP contribution in [0.25, 0.3) is 10.9 Å². The largest absolute Gasteiger partial charge is 0.494 e. The van der Waals surface area contributed by atoms with Crippen LogP contribution in [0.2, 0.25) is 5.02 Å². The topological polar surface area (TPSA) is 107 Å². The molecule has 45 heavy (non-hydrogen) atoms. The van der Waals surface area contributed by atoms with E-state index in [-0.39, 0.29) is 11.8 Å². The first-order valence-corrected chi connectivity index (χ1v) is 14.9. The Hall–Kier alpha value is -5.08. The Morgan fingerprint density at radius 2 is 1.64 bits per heavy atom. The van der Waals surface area contributed by atoms with Crippen LogP contribution in [0.1, 0.15) is 53.4 Å². The third-order valence-electron chi connectivity index (χ3n) is 6.97. The van der Waals surface area contributed by atoms with Crippen molar-refractivity contribution in [3.63, 3.8) is 0 Å². The number of ether oxygens (including phenoxy) is 1. The molecule has 0 fully saturated rings. The molecule has 5 aromatic rings. The maximum absolute atomic E-state index is 13.1. The van der Waals surface area contributed by atoms with E-state index in [1.807, 2.05) is 93.6 Å². The van der Waals surface area contributed by atoms with Gasteiger partial charge in [0.15, 0.2) is 5.88 Å². The number of nitrogens with zero attached hydrogens (tertiary/aromatic N) is 2. The molecule has 1 heterocycles. The molecule has 4 aromatic carbocycles. The van der Waals surface area contributed by atoms with Crippen LogP contribution < -0.4 is 5.32 Å². The smallest absolute Gasteiger partial charge is 0.410 e. The van der Waals surface area contributed by atoms with E-state index in [0.717, 1.165) is 16.7 Å². The van der Waals surface area contributed by atoms with Crippen LogP contribution in [0.3, 0.4) is 0 Å². The van der Waals surface area contributed by atoms with E-state index >= 15 is 0 Å². The monoisotopic (exact) mass is 622 g/mol. The van der Waals surface area contributed by atoms with Crippen LogP contribution in [-0.2, 0) is 17.8 Å². The highest BCUT2D eigenvalue weighted by molar-refractivity contribution is 6.30. The summed E-state index contributed by atoms with van der Waals surface area (Å²) in [5.74, 6) is -0.312. The molecule has 3 N–H and O–H groups in total. The molecule has 0 spiro atoms. The Bertz CT molecular complexity index is 1860. The maximum atomic E-state index is 13.1. The molecule has 0 radical (unpaired) electrons. The Morgan fingerprint density at radius 3 is 2.33 bits per heavy atom. The van der Waals surface area contributed by atoms with Crippen molar-refractivity contribution in [3.05, 3.63) is 130 Å². The van der Waals surface area contributed by atoms with E-state index in [4.69, 9.17) is 21.3 Å². The zero-order valence-electron chi connectivity index (χ0n) is 25.6. The fourth-order valence-electron chi connectivity index (χ4n) is 4.83. The Balaban J connectivity index is 1.45. The lowest BCUT2D eigenvalue weighted by Crippen LogP contribution is -2.33. The van der Waals surface area contributed by atoms with Crippen LogP contribution in [0.4, 0.5) is 10.5 Å². The molecule has 0 saturated heterocycles. The summed E-state index contributed by atoms with van der Waals surface area (Å²) in [5.41, 5.74) is 4.79. The van der Waals surface area contributed by atoms with Gasteiger partial charge in [0, 0.05) is 47.2 Å². The minimum absolute atomic E-state index is 0.0558. The lowest BCUT2D eigenvalue weighted by atomic mass is 9.99. The van der Waals surface area contributed by atoms with Gasteiger partial charge in [0.2, 0.25) is 0 Å². The second kappa shape index (κ2) is 13.3. The van der Waals surface area contributed by atoms with Gasteiger partial charge in [-0.1, -0.05) is 66.2 Å². The maximum Gasteiger partial charge on any atom is 0.410 e. The van der Waals surface area contributed by atoms with Crippen molar-refractivity contribution in [1.82, 2.24) is 15.2 Å². The lowest BCUT2D eigenvalue weighted by Gasteiger charge is -2.24. The van der Waals surface area contributed by atoms with Crippen LogP contribution in [-0.4, -0.2) is 45.4 Å². The molecular weight excluding hydrogens is 588 g/mol. The number of fused-ring (bicyclic) bond motifs is 1. The zero-order chi connectivity index (χ0) is 32.1. The average Bonchev–Trinajstić information content (AvgIpc) is 3.33. The van der Waals surface area contributed by atoms with Crippen LogP contribution >= 0.6 is 11.6 Å². The second-order valence-corrected chi connectivity index (χ2v) is 12.2. The van der Waals surface area contributed by atoms with E-state index in [1.165, 1.54) is 4.90 Å². The molecule has 0 saturated carbocycles. The third-order valence-corrected chi connectivity index (χ3v) is 7.20. The Kier molecular flexibility index (Phi) is 9.25. The molecule has 0 aliphatic carbocycles. The fourth-order valence-corrected chi connectivity index (χ4v) is 5.05. The average molecular weight is 623 g/mol. The van der Waals surface area contributed by atoms with E-state index in [1.54, 1.807) is 31.3 Å². The molecule has 9 heteroatoms. The number of aromatic hydroxyl groups is 1. The normalized spacial score (nSPS) is 11.8. The molecule has 0 unspecified atom stereocenters. The molecule has 0 atom stereocenters. The number of H-pyrrole nitrogens is 1. The number of carbonyl (C=O) groups is 2. The van der Waals surface area contributed by atoms with Crippen molar-refractivity contribution in [1.29, 1.82) is 0 Å². The Morgan fingerprint density at radius 1 is 0.911 bits per heavy atom. The summed E-state index contributed by atoms with van der Waals surface area (Å²) in [4.78, 5) is 35.1. The molecule has 230 valence electrons. The van der Waals surface area contributed by atoms with Gasteiger partial charge in [0.05, 0.1) is 17.0 Å². The molecule has 0 aliphatic heterocycles. The molecular formula is C36H35ClN4O4. The number of aliphatic imine (C=N–C) groups is 1. The SMILES string of the molecule is CN(Cc1ccc(N=C(c2ccccc2)c2c(O)[nH]c3ccc(C(=O)NCc4cccc(Cl)c4)cc23)cc1)C(=O)OC(C)(C)C. The van der Waals surface area contributed by atoms with Gasteiger partial charge >= 0.3 is 6.09 Å². The van der Waals surface area contributed by atoms with Crippen LogP contribution in [0.15, 0.2) is 102 Å². The van der Waals surface area contributed by atoms with Crippen molar-refractivity contribution in [2.75, 3.05) is 7.05 Å². The summed E-state index contributed by atoms with van der Waals surface area (Å²) >= 11 is 6.09. The number of aromatic nitrogens is 1. The van der Waals surface area contributed by atoms with Gasteiger partial charge in [-0.25, -0.2) is 9.79 Å². The van der Waals surface area contributed by atoms with E-state index < -0.39 is 11.7 Å². The number of hydrogen-bond donors (Lipinski definition) is 3. The third kappa shape index (κ3) is 7.91. The Labute approximate surface area is 267 Å². The predicted octanol–water partition coefficient (Wildman–Crippen LogP) is 7.99. The first-order valence-electron chi connectivity index (χ1n) is 14.5. The number of nitrogens with one attached hydrogen (secondary N) is 2. The summed E-state index contributed by atoms with van der Waals surface area (Å²) in [6.45, 7) is 6.19. The first-order chi connectivity index (χ1) is 21.5. The number of aromatic amines is 1. The number of benzene rings is 4. The van der Waals surface area contributed by atoms with Gasteiger partial charge in [-0.3, -0.25) is 4.79 Å². The number of halogens is 1. The van der Waals surface area contributed by atoms with Crippen molar-refractivity contribution in [3.8, 4) is 5.88 Å². The van der Waals surface area contributed by atoms with E-state index in [2.05, 4.69) is 10.3 Å². The summed E-state index contributed by atoms with van der Waals surface area (Å²) in [6, 6.07) is 29.6. The molecule has 8 nitrogen and oxygen atoms in total. The molecule has 0 bridgehead atoms. The fraction of sp³-hybridized carbons (Fsp3) is 0.194. The van der Waals surface area contributed by atoms with E-state index in [9.17, 15) is 14.7 Å². The molecule has 5 rings (SSSR count). The number of rotatable bonds is 8. The van der Waals surface area contributed by atoms with Gasteiger partial charge < -0.3 is 25.0 Å². The minimum atomic E-state index is -0.576. The first kappa shape index (κ1) is 31.3. The number of hydrogen-bond acceptors (Lipinski definition) is 5. The minimum Gasteiger partial charge on any atom is -0.494 e. The zero-order valence-corrected chi connectivity index (χ0v) is 26.4. The van der Waals surface area contributed by atoms with Gasteiger partial charge in [-0.2, -0.15) is 0 Å². The molecule has 2 amide bonds. The standard InChI is InChI=1S/C36H35ClN4O4/c1-36(2,3)45-35(44)41(4)22-23-13-16-28(17-14-23)39-32(25-10-6-5-7-11-25)31-29-20-26(15-18-30(29)40-34(31)43)33(42)38-21-24-9-8-12-27(37)19-24/h5-20,40,43H,21-22H2,1-4H3,(H,38,42). The summed E-state index contributed by atoms with van der Waals surface area (Å²) in [7, 11) is 1.69. The predicted molar refractivity (Wildman–Crippen MR) is 178 cm³/mol. The number of amides is 2. The van der Waals surface area contributed by atoms with Gasteiger partial charge in [0.1, 0.15) is 5.60 Å². The van der Waals surface area contributed by atoms with Crippen molar-refractivity contribution in [2.45, 2.75) is 39.5 Å². The summed E-state index contributed by atoms with van der Waals surface area (Å²) in [5, 5.41) is 15.3. The summed E-state index contributed by atoms with van der Waals surface area (Å²) in [6.07, 6.45) is -0.400. The number of carbonyl (C=O) groups excluding carboxylic acids is 2. The van der Waals surface area contributed by atoms with Gasteiger partial charge in [0.25, 0.3) is 5.91 Å². The van der Waals surface area contributed by atoms with Crippen LogP contribution in [0.5, 0.6) is 5.88 Å². The second-order valence-electron chi connectivity index (χ2n) is 11.8. The highest BCUT2D eigenvalue weighted by Crippen LogP contribution is 2.32. The summed E-state index contributed by atoms with van der Waals surface area (Å²) < 4.78 is 5.45. The van der Waals surface area contributed by atoms with Crippen LogP contribution in [0, 0.1) is 0 Å². The molecule has 0 aliphatic rings.